The minimum Gasteiger partial charge on any atom is -0.367 e. The molecular weight excluding hydrogens is 392 g/mol. The first-order valence-electron chi connectivity index (χ1n) is 10.1. The van der Waals surface area contributed by atoms with Crippen molar-refractivity contribution in [1.82, 2.24) is 23.8 Å². The molecule has 0 radical (unpaired) electrons. The number of amides is 1. The summed E-state index contributed by atoms with van der Waals surface area (Å²) in [7, 11) is 1.58. The molecule has 3 heterocycles. The first kappa shape index (κ1) is 21.9. The molecule has 2 atom stereocenters. The van der Waals surface area contributed by atoms with Crippen molar-refractivity contribution in [2.24, 2.45) is 0 Å². The van der Waals surface area contributed by atoms with Gasteiger partial charge in [-0.05, 0) is 32.0 Å². The Hall–Kier alpha value is -1.75. The summed E-state index contributed by atoms with van der Waals surface area (Å²) in [5, 5.41) is 0. The van der Waals surface area contributed by atoms with Gasteiger partial charge in [-0.15, -0.1) is 0 Å². The van der Waals surface area contributed by atoms with Gasteiger partial charge in [0.1, 0.15) is 0 Å². The van der Waals surface area contributed by atoms with Crippen molar-refractivity contribution in [3.05, 3.63) is 24.5 Å². The fourth-order valence-electron chi connectivity index (χ4n) is 4.00. The molecule has 0 unspecified atom stereocenters. The number of aromatic nitrogens is 1. The SMILES string of the molecule is CN1[C@@H](CC(=O)N2CCN(c3cccnc3)CC2)CC[C@H]1CNS(=O)(=O)N(C)C. The number of piperazine rings is 1. The molecule has 0 aromatic carbocycles. The number of carbonyl (C=O) groups is 1. The summed E-state index contributed by atoms with van der Waals surface area (Å²) in [6, 6.07) is 4.25. The van der Waals surface area contributed by atoms with Crippen LogP contribution in [0.3, 0.4) is 0 Å². The Bertz CT molecular complexity index is 780. The van der Waals surface area contributed by atoms with E-state index in [-0.39, 0.29) is 18.0 Å². The quantitative estimate of drug-likeness (QED) is 0.662. The summed E-state index contributed by atoms with van der Waals surface area (Å²) in [5.74, 6) is 0.183. The highest BCUT2D eigenvalue weighted by Crippen LogP contribution is 2.25. The number of carbonyl (C=O) groups excluding carboxylic acids is 1. The maximum absolute atomic E-state index is 12.8. The summed E-state index contributed by atoms with van der Waals surface area (Å²) < 4.78 is 27.6. The van der Waals surface area contributed by atoms with Gasteiger partial charge in [0.25, 0.3) is 10.2 Å². The summed E-state index contributed by atoms with van der Waals surface area (Å²) >= 11 is 0. The molecule has 1 amide bonds. The Balaban J connectivity index is 1.45. The lowest BCUT2D eigenvalue weighted by molar-refractivity contribution is -0.132. The Morgan fingerprint density at radius 2 is 1.90 bits per heavy atom. The Kier molecular flexibility index (Phi) is 7.10. The van der Waals surface area contributed by atoms with Gasteiger partial charge in [0.05, 0.1) is 11.9 Å². The molecule has 2 aliphatic rings. The fraction of sp³-hybridized carbons (Fsp3) is 0.684. The van der Waals surface area contributed by atoms with Crippen LogP contribution in [-0.4, -0.2) is 99.4 Å². The Morgan fingerprint density at radius 1 is 1.21 bits per heavy atom. The van der Waals surface area contributed by atoms with Gasteiger partial charge in [-0.2, -0.15) is 12.7 Å². The van der Waals surface area contributed by atoms with E-state index in [1.807, 2.05) is 30.3 Å². The van der Waals surface area contributed by atoms with Gasteiger partial charge in [0.15, 0.2) is 0 Å². The van der Waals surface area contributed by atoms with Crippen molar-refractivity contribution in [1.29, 1.82) is 0 Å². The van der Waals surface area contributed by atoms with Gasteiger partial charge >= 0.3 is 0 Å². The van der Waals surface area contributed by atoms with E-state index in [1.54, 1.807) is 6.20 Å². The zero-order chi connectivity index (χ0) is 21.0. The molecule has 0 aliphatic carbocycles. The average Bonchev–Trinajstić information content (AvgIpc) is 3.06. The monoisotopic (exact) mass is 424 g/mol. The zero-order valence-electron chi connectivity index (χ0n) is 17.5. The number of hydrogen-bond acceptors (Lipinski definition) is 6. The Labute approximate surface area is 173 Å². The van der Waals surface area contributed by atoms with Crippen molar-refractivity contribution < 1.29 is 13.2 Å². The Morgan fingerprint density at radius 3 is 2.52 bits per heavy atom. The van der Waals surface area contributed by atoms with Crippen molar-refractivity contribution in [2.45, 2.75) is 31.3 Å². The van der Waals surface area contributed by atoms with E-state index in [9.17, 15) is 13.2 Å². The second-order valence-corrected chi connectivity index (χ2v) is 9.94. The van der Waals surface area contributed by atoms with Gasteiger partial charge in [-0.25, -0.2) is 4.72 Å². The van der Waals surface area contributed by atoms with Gasteiger partial charge in [0.2, 0.25) is 5.91 Å². The molecular formula is C19H32N6O3S. The van der Waals surface area contributed by atoms with Crippen LogP contribution < -0.4 is 9.62 Å². The predicted molar refractivity (Wildman–Crippen MR) is 113 cm³/mol. The zero-order valence-corrected chi connectivity index (χ0v) is 18.3. The van der Waals surface area contributed by atoms with Gasteiger partial charge in [0, 0.05) is 71.5 Å². The topological polar surface area (TPSA) is 89.1 Å². The van der Waals surface area contributed by atoms with E-state index >= 15 is 0 Å². The van der Waals surface area contributed by atoms with Crippen LogP contribution in [0, 0.1) is 0 Å². The van der Waals surface area contributed by atoms with Crippen LogP contribution in [-0.2, 0) is 15.0 Å². The van der Waals surface area contributed by atoms with Crippen LogP contribution in [0.2, 0.25) is 0 Å². The van der Waals surface area contributed by atoms with Crippen LogP contribution in [0.4, 0.5) is 5.69 Å². The fourth-order valence-corrected chi connectivity index (χ4v) is 4.66. The third-order valence-electron chi connectivity index (χ3n) is 6.02. The van der Waals surface area contributed by atoms with E-state index < -0.39 is 10.2 Å². The first-order chi connectivity index (χ1) is 13.8. The first-order valence-corrected chi connectivity index (χ1v) is 11.5. The van der Waals surface area contributed by atoms with Crippen molar-refractivity contribution >= 4 is 21.8 Å². The molecule has 2 fully saturated rings. The lowest BCUT2D eigenvalue weighted by Crippen LogP contribution is -2.50. The second-order valence-electron chi connectivity index (χ2n) is 7.97. The molecule has 9 nitrogen and oxygen atoms in total. The third kappa shape index (κ3) is 5.44. The van der Waals surface area contributed by atoms with Crippen molar-refractivity contribution in [3.63, 3.8) is 0 Å². The standard InChI is InChI=1S/C19H32N6O3S/c1-22(2)29(27,28)21-15-17-7-6-16(23(17)3)13-19(26)25-11-9-24(10-12-25)18-5-4-8-20-14-18/h4-5,8,14,16-17,21H,6-7,9-13,15H2,1-3H3/t16-,17+/m1/s1. The normalized spacial score (nSPS) is 23.7. The number of anilines is 1. The minimum absolute atomic E-state index is 0.116. The van der Waals surface area contributed by atoms with Gasteiger partial charge < -0.3 is 9.80 Å². The van der Waals surface area contributed by atoms with Crippen LogP contribution in [0.15, 0.2) is 24.5 Å². The summed E-state index contributed by atoms with van der Waals surface area (Å²) in [6.07, 6.45) is 5.90. The summed E-state index contributed by atoms with van der Waals surface area (Å²) in [6.45, 7) is 3.43. The molecule has 0 saturated carbocycles. The maximum atomic E-state index is 12.8. The third-order valence-corrected chi connectivity index (χ3v) is 7.51. The van der Waals surface area contributed by atoms with Crippen LogP contribution >= 0.6 is 0 Å². The molecule has 10 heteroatoms. The van der Waals surface area contributed by atoms with Crippen molar-refractivity contribution in [2.75, 3.05) is 58.8 Å². The molecule has 1 N–H and O–H groups in total. The molecule has 0 spiro atoms. The van der Waals surface area contributed by atoms with E-state index in [0.717, 1.165) is 44.7 Å². The largest absolute Gasteiger partial charge is 0.367 e. The van der Waals surface area contributed by atoms with E-state index in [1.165, 1.54) is 18.4 Å². The number of hydrogen-bond donors (Lipinski definition) is 1. The lowest BCUT2D eigenvalue weighted by Gasteiger charge is -2.37. The molecule has 0 bridgehead atoms. The minimum atomic E-state index is -3.42. The van der Waals surface area contributed by atoms with Crippen LogP contribution in [0.25, 0.3) is 0 Å². The van der Waals surface area contributed by atoms with Crippen LogP contribution in [0.1, 0.15) is 19.3 Å². The van der Waals surface area contributed by atoms with Gasteiger partial charge in [-0.1, -0.05) is 0 Å². The molecule has 1 aromatic heterocycles. The lowest BCUT2D eigenvalue weighted by atomic mass is 10.1. The number of nitrogens with zero attached hydrogens (tertiary/aromatic N) is 5. The molecule has 162 valence electrons. The smallest absolute Gasteiger partial charge is 0.278 e. The number of nitrogens with one attached hydrogen (secondary N) is 1. The number of pyridine rings is 1. The molecule has 1 aromatic rings. The molecule has 2 saturated heterocycles. The van der Waals surface area contributed by atoms with Crippen LogP contribution in [0.5, 0.6) is 0 Å². The average molecular weight is 425 g/mol. The number of likely N-dealkylation sites (tertiary alicyclic amines) is 1. The predicted octanol–water partition coefficient (Wildman–Crippen LogP) is -0.0209. The van der Waals surface area contributed by atoms with E-state index in [2.05, 4.69) is 19.5 Å². The molecule has 3 rings (SSSR count). The number of likely N-dealkylation sites (N-methyl/N-ethyl adjacent to an activating group) is 1. The maximum Gasteiger partial charge on any atom is 0.278 e. The second kappa shape index (κ2) is 9.38. The number of rotatable bonds is 7. The van der Waals surface area contributed by atoms with Crippen molar-refractivity contribution in [3.8, 4) is 0 Å². The van der Waals surface area contributed by atoms with E-state index in [4.69, 9.17) is 0 Å². The highest BCUT2D eigenvalue weighted by Gasteiger charge is 2.34. The molecule has 29 heavy (non-hydrogen) atoms. The highest BCUT2D eigenvalue weighted by molar-refractivity contribution is 7.87. The summed E-state index contributed by atoms with van der Waals surface area (Å²) in [4.78, 5) is 23.3. The summed E-state index contributed by atoms with van der Waals surface area (Å²) in [5.41, 5.74) is 1.10. The van der Waals surface area contributed by atoms with Gasteiger partial charge in [-0.3, -0.25) is 14.7 Å². The highest BCUT2D eigenvalue weighted by atomic mass is 32.2. The van der Waals surface area contributed by atoms with E-state index in [0.29, 0.717) is 13.0 Å². The molecule has 2 aliphatic heterocycles.